The Labute approximate surface area is 170 Å². The number of methoxy groups -OCH3 is 1. The number of rotatable bonds is 5. The quantitative estimate of drug-likeness (QED) is 0.531. The van der Waals surface area contributed by atoms with E-state index in [2.05, 4.69) is 0 Å². The first-order chi connectivity index (χ1) is 13.8. The van der Waals surface area contributed by atoms with Gasteiger partial charge in [0.2, 0.25) is 0 Å². The second kappa shape index (κ2) is 8.15. The standard InChI is InChI=1S/C23H26O6/c1-7-12(2)23(25)29-18-9-8-16-20(14(18)4)17(11-27-15(5)24)19-13(3)10-28-22(19)21(16)26-6/h7-10,14,18H,11H2,1-6H3. The average molecular weight is 398 g/mol. The molecule has 1 aliphatic rings. The Kier molecular flexibility index (Phi) is 5.82. The Morgan fingerprint density at radius 3 is 2.62 bits per heavy atom. The molecule has 1 aromatic heterocycles. The van der Waals surface area contributed by atoms with Gasteiger partial charge in [-0.2, -0.15) is 0 Å². The molecule has 0 saturated heterocycles. The Morgan fingerprint density at radius 2 is 2.00 bits per heavy atom. The first-order valence-corrected chi connectivity index (χ1v) is 9.56. The molecule has 1 heterocycles. The van der Waals surface area contributed by atoms with E-state index in [1.54, 1.807) is 33.3 Å². The summed E-state index contributed by atoms with van der Waals surface area (Å²) in [7, 11) is 1.60. The summed E-state index contributed by atoms with van der Waals surface area (Å²) < 4.78 is 22.5. The molecule has 6 heteroatoms. The molecule has 0 spiro atoms. The van der Waals surface area contributed by atoms with Crippen LogP contribution in [0.5, 0.6) is 5.75 Å². The number of carbonyl (C=O) groups excluding carboxylic acids is 2. The molecule has 3 rings (SSSR count). The molecule has 0 fully saturated rings. The van der Waals surface area contributed by atoms with Crippen molar-refractivity contribution in [1.29, 1.82) is 0 Å². The van der Waals surface area contributed by atoms with Gasteiger partial charge in [0.15, 0.2) is 11.3 Å². The molecule has 0 aliphatic heterocycles. The summed E-state index contributed by atoms with van der Waals surface area (Å²) >= 11 is 0. The second-order valence-corrected chi connectivity index (χ2v) is 7.23. The lowest BCUT2D eigenvalue weighted by Crippen LogP contribution is -2.26. The molecule has 1 aromatic carbocycles. The molecule has 2 aromatic rings. The Bertz CT molecular complexity index is 1020. The maximum absolute atomic E-state index is 12.3. The molecule has 0 radical (unpaired) electrons. The van der Waals surface area contributed by atoms with Gasteiger partial charge in [0.05, 0.1) is 13.4 Å². The number of furan rings is 1. The van der Waals surface area contributed by atoms with Crippen molar-refractivity contribution < 1.29 is 28.2 Å². The Balaban J connectivity index is 2.18. The lowest BCUT2D eigenvalue weighted by molar-refractivity contribution is -0.143. The van der Waals surface area contributed by atoms with Crippen LogP contribution in [0.15, 0.2) is 28.4 Å². The smallest absolute Gasteiger partial charge is 0.333 e. The fraction of sp³-hybridized carbons (Fsp3) is 0.391. The molecular formula is C23H26O6. The maximum atomic E-state index is 12.3. The number of esters is 2. The topological polar surface area (TPSA) is 75.0 Å². The van der Waals surface area contributed by atoms with Crippen molar-refractivity contribution in [3.63, 3.8) is 0 Å². The summed E-state index contributed by atoms with van der Waals surface area (Å²) in [4.78, 5) is 23.8. The minimum absolute atomic E-state index is 0.102. The van der Waals surface area contributed by atoms with E-state index in [0.29, 0.717) is 16.9 Å². The third kappa shape index (κ3) is 3.67. The molecule has 0 N–H and O–H groups in total. The predicted molar refractivity (Wildman–Crippen MR) is 110 cm³/mol. The fourth-order valence-corrected chi connectivity index (χ4v) is 3.74. The van der Waals surface area contributed by atoms with E-state index in [-0.39, 0.29) is 24.5 Å². The highest BCUT2D eigenvalue weighted by Crippen LogP contribution is 2.46. The normalized spacial score (nSPS) is 18.5. The summed E-state index contributed by atoms with van der Waals surface area (Å²) in [6.07, 6.45) is 6.67. The molecule has 29 heavy (non-hydrogen) atoms. The molecule has 0 amide bonds. The number of hydrogen-bond acceptors (Lipinski definition) is 6. The van der Waals surface area contributed by atoms with E-state index in [9.17, 15) is 9.59 Å². The van der Waals surface area contributed by atoms with Crippen molar-refractivity contribution in [3.8, 4) is 5.75 Å². The van der Waals surface area contributed by atoms with E-state index in [0.717, 1.165) is 27.6 Å². The number of carbonyl (C=O) groups is 2. The number of hydrogen-bond donors (Lipinski definition) is 0. The highest BCUT2D eigenvalue weighted by atomic mass is 16.5. The van der Waals surface area contributed by atoms with E-state index in [1.807, 2.05) is 26.0 Å². The van der Waals surface area contributed by atoms with Crippen LogP contribution < -0.4 is 4.74 Å². The van der Waals surface area contributed by atoms with Crippen molar-refractivity contribution in [2.45, 2.75) is 53.2 Å². The molecule has 6 nitrogen and oxygen atoms in total. The van der Waals surface area contributed by atoms with Crippen LogP contribution in [0.2, 0.25) is 0 Å². The van der Waals surface area contributed by atoms with Crippen LogP contribution >= 0.6 is 0 Å². The molecule has 154 valence electrons. The van der Waals surface area contributed by atoms with E-state index < -0.39 is 6.10 Å². The van der Waals surface area contributed by atoms with Gasteiger partial charge >= 0.3 is 11.9 Å². The second-order valence-electron chi connectivity index (χ2n) is 7.23. The van der Waals surface area contributed by atoms with Gasteiger partial charge < -0.3 is 18.6 Å². The van der Waals surface area contributed by atoms with Crippen molar-refractivity contribution >= 4 is 29.0 Å². The lowest BCUT2D eigenvalue weighted by atomic mass is 9.81. The van der Waals surface area contributed by atoms with Crippen LogP contribution in [0.3, 0.4) is 0 Å². The molecule has 0 bridgehead atoms. The molecule has 0 saturated carbocycles. The van der Waals surface area contributed by atoms with Gasteiger partial charge in [0, 0.05) is 34.9 Å². The zero-order valence-corrected chi connectivity index (χ0v) is 17.6. The lowest BCUT2D eigenvalue weighted by Gasteiger charge is -2.30. The van der Waals surface area contributed by atoms with E-state index >= 15 is 0 Å². The summed E-state index contributed by atoms with van der Waals surface area (Å²) in [6.45, 7) is 8.93. The van der Waals surface area contributed by atoms with Crippen molar-refractivity contribution in [2.75, 3.05) is 7.11 Å². The third-order valence-electron chi connectivity index (χ3n) is 5.37. The maximum Gasteiger partial charge on any atom is 0.333 e. The van der Waals surface area contributed by atoms with Gasteiger partial charge in [-0.3, -0.25) is 4.79 Å². The van der Waals surface area contributed by atoms with Gasteiger partial charge in [0.25, 0.3) is 0 Å². The van der Waals surface area contributed by atoms with Gasteiger partial charge in [0.1, 0.15) is 12.7 Å². The zero-order valence-electron chi connectivity index (χ0n) is 17.6. The van der Waals surface area contributed by atoms with Crippen LogP contribution in [0.25, 0.3) is 17.0 Å². The highest BCUT2D eigenvalue weighted by molar-refractivity contribution is 5.95. The average Bonchev–Trinajstić information content (AvgIpc) is 3.08. The van der Waals surface area contributed by atoms with Crippen LogP contribution in [0, 0.1) is 6.92 Å². The summed E-state index contributed by atoms with van der Waals surface area (Å²) in [5.41, 5.74) is 4.71. The first-order valence-electron chi connectivity index (χ1n) is 9.56. The number of allylic oxidation sites excluding steroid dienone is 1. The summed E-state index contributed by atoms with van der Waals surface area (Å²) in [5.74, 6) is -0.268. The van der Waals surface area contributed by atoms with E-state index in [1.165, 1.54) is 6.92 Å². The van der Waals surface area contributed by atoms with Crippen LogP contribution in [-0.2, 0) is 25.7 Å². The molecule has 2 atom stereocenters. The number of aryl methyl sites for hydroxylation is 1. The van der Waals surface area contributed by atoms with Gasteiger partial charge in [-0.25, -0.2) is 4.79 Å². The first kappa shape index (κ1) is 20.7. The number of fused-ring (bicyclic) bond motifs is 2. The van der Waals surface area contributed by atoms with Crippen LogP contribution in [0.4, 0.5) is 0 Å². The molecule has 1 aliphatic carbocycles. The van der Waals surface area contributed by atoms with Crippen molar-refractivity contribution in [3.05, 3.63) is 46.2 Å². The van der Waals surface area contributed by atoms with Gasteiger partial charge in [-0.15, -0.1) is 0 Å². The Morgan fingerprint density at radius 1 is 1.28 bits per heavy atom. The van der Waals surface area contributed by atoms with Gasteiger partial charge in [-0.05, 0) is 38.0 Å². The van der Waals surface area contributed by atoms with E-state index in [4.69, 9.17) is 18.6 Å². The van der Waals surface area contributed by atoms with Gasteiger partial charge in [-0.1, -0.05) is 19.1 Å². The third-order valence-corrected chi connectivity index (χ3v) is 5.37. The monoisotopic (exact) mass is 398 g/mol. The Hall–Kier alpha value is -3.02. The number of ether oxygens (including phenoxy) is 3. The minimum Gasteiger partial charge on any atom is -0.492 e. The zero-order chi connectivity index (χ0) is 21.3. The largest absolute Gasteiger partial charge is 0.492 e. The van der Waals surface area contributed by atoms with Crippen LogP contribution in [-0.4, -0.2) is 25.2 Å². The summed E-state index contributed by atoms with van der Waals surface area (Å²) in [6, 6.07) is 0. The highest BCUT2D eigenvalue weighted by Gasteiger charge is 2.33. The SMILES string of the molecule is CC=C(C)C(=O)OC1C=Cc2c(c(COC(C)=O)c3c(C)coc3c2OC)C1C. The number of benzene rings is 1. The molecule has 2 unspecified atom stereocenters. The van der Waals surface area contributed by atoms with Crippen molar-refractivity contribution in [1.82, 2.24) is 0 Å². The van der Waals surface area contributed by atoms with Crippen molar-refractivity contribution in [2.24, 2.45) is 0 Å². The fourth-order valence-electron chi connectivity index (χ4n) is 3.74. The molecular weight excluding hydrogens is 372 g/mol. The predicted octanol–water partition coefficient (Wildman–Crippen LogP) is 4.82. The van der Waals surface area contributed by atoms with Crippen LogP contribution in [0.1, 0.15) is 55.9 Å². The minimum atomic E-state index is -0.449. The summed E-state index contributed by atoms with van der Waals surface area (Å²) in [5, 5.41) is 0.860.